The van der Waals surface area contributed by atoms with Crippen LogP contribution >= 0.6 is 23.2 Å². The lowest BCUT2D eigenvalue weighted by Crippen LogP contribution is -2.47. The summed E-state index contributed by atoms with van der Waals surface area (Å²) in [4.78, 5) is 19.8. The number of piperidine rings is 1. The predicted octanol–water partition coefficient (Wildman–Crippen LogP) is 7.48. The Kier molecular flexibility index (Phi) is 8.75. The lowest BCUT2D eigenvalue weighted by atomic mass is 9.81. The number of pyridine rings is 1. The summed E-state index contributed by atoms with van der Waals surface area (Å²) in [6, 6.07) is 15.2. The van der Waals surface area contributed by atoms with Gasteiger partial charge in [-0.25, -0.2) is 37.1 Å². The average molecular weight is 740 g/mol. The molecule has 50 heavy (non-hydrogen) atoms. The second-order valence-electron chi connectivity index (χ2n) is 12.3. The van der Waals surface area contributed by atoms with E-state index in [-0.39, 0.29) is 32.2 Å². The largest absolute Gasteiger partial charge is 0.389 e. The molecule has 0 atom stereocenters. The monoisotopic (exact) mass is 738 g/mol. The van der Waals surface area contributed by atoms with Gasteiger partial charge in [-0.1, -0.05) is 49.2 Å². The van der Waals surface area contributed by atoms with Crippen LogP contribution in [-0.4, -0.2) is 56.7 Å². The number of nitrogens with one attached hydrogen (secondary N) is 2. The highest BCUT2D eigenvalue weighted by molar-refractivity contribution is 7.92. The zero-order valence-electron chi connectivity index (χ0n) is 26.7. The first-order valence-electron chi connectivity index (χ1n) is 15.6. The van der Waals surface area contributed by atoms with Gasteiger partial charge in [0.05, 0.1) is 38.1 Å². The second-order valence-corrected chi connectivity index (χ2v) is 14.8. The van der Waals surface area contributed by atoms with Crippen LogP contribution in [0.25, 0.3) is 27.9 Å². The number of imidazole rings is 1. The molecule has 7 rings (SSSR count). The van der Waals surface area contributed by atoms with Gasteiger partial charge in [-0.15, -0.1) is 0 Å². The molecule has 0 radical (unpaired) electrons. The fourth-order valence-corrected chi connectivity index (χ4v) is 7.91. The fraction of sp³-hybridized carbons (Fsp3) is 0.235. The minimum Gasteiger partial charge on any atom is -0.389 e. The quantitative estimate of drug-likeness (QED) is 0.145. The van der Waals surface area contributed by atoms with Crippen LogP contribution in [0.4, 0.5) is 31.7 Å². The topological polar surface area (TPSA) is 138 Å². The summed E-state index contributed by atoms with van der Waals surface area (Å²) in [6.07, 6.45) is 4.16. The SMILES string of the molecule is CC(C)C1(O)CCN(c2cccc3c2ncn3-c2ccc3ncnc(Nc4c(F)ccc(NS(=O)(=O)c5cccc(Cl)c5Cl)c4F)c3n2)CC1. The van der Waals surface area contributed by atoms with Crippen molar-refractivity contribution in [2.45, 2.75) is 37.2 Å². The molecule has 11 nitrogen and oxygen atoms in total. The molecular formula is C34H30Cl2F2N8O3S. The molecule has 0 saturated carbocycles. The van der Waals surface area contributed by atoms with Crippen molar-refractivity contribution < 1.29 is 22.3 Å². The predicted molar refractivity (Wildman–Crippen MR) is 190 cm³/mol. The van der Waals surface area contributed by atoms with Crippen LogP contribution in [0.5, 0.6) is 0 Å². The third-order valence-corrected chi connectivity index (χ3v) is 11.4. The molecule has 4 heterocycles. The zero-order chi connectivity index (χ0) is 35.4. The number of hydrogen-bond acceptors (Lipinski definition) is 9. The van der Waals surface area contributed by atoms with Gasteiger partial charge in [-0.3, -0.25) is 9.29 Å². The summed E-state index contributed by atoms with van der Waals surface area (Å²) in [5.41, 5.74) is 1.16. The molecule has 0 bridgehead atoms. The first-order chi connectivity index (χ1) is 23.9. The highest BCUT2D eigenvalue weighted by Crippen LogP contribution is 2.36. The average Bonchev–Trinajstić information content (AvgIpc) is 3.54. The molecule has 3 aromatic carbocycles. The van der Waals surface area contributed by atoms with Crippen LogP contribution in [0.1, 0.15) is 26.7 Å². The molecule has 1 fully saturated rings. The van der Waals surface area contributed by atoms with Crippen LogP contribution in [0, 0.1) is 17.6 Å². The van der Waals surface area contributed by atoms with E-state index < -0.39 is 38.6 Å². The minimum absolute atomic E-state index is 0.00885. The Morgan fingerprint density at radius 3 is 2.46 bits per heavy atom. The molecule has 3 N–H and O–H groups in total. The first kappa shape index (κ1) is 33.8. The van der Waals surface area contributed by atoms with Gasteiger partial charge in [0.15, 0.2) is 11.6 Å². The van der Waals surface area contributed by atoms with Crippen molar-refractivity contribution in [3.05, 3.63) is 95.0 Å². The molecule has 0 unspecified atom stereocenters. The van der Waals surface area contributed by atoms with E-state index >= 15 is 8.78 Å². The molecule has 0 amide bonds. The normalized spacial score (nSPS) is 14.8. The van der Waals surface area contributed by atoms with E-state index in [1.807, 2.05) is 32.0 Å². The number of halogens is 4. The number of aromatic nitrogens is 5. The highest BCUT2D eigenvalue weighted by atomic mass is 35.5. The maximum Gasteiger partial charge on any atom is 0.263 e. The Bertz CT molecular complexity index is 2380. The van der Waals surface area contributed by atoms with Crippen LogP contribution in [0.2, 0.25) is 10.0 Å². The number of anilines is 4. The fourth-order valence-electron chi connectivity index (χ4n) is 6.08. The van der Waals surface area contributed by atoms with Crippen molar-refractivity contribution in [2.24, 2.45) is 5.92 Å². The van der Waals surface area contributed by atoms with Crippen LogP contribution in [-0.2, 0) is 10.0 Å². The van der Waals surface area contributed by atoms with E-state index in [1.165, 1.54) is 24.5 Å². The summed E-state index contributed by atoms with van der Waals surface area (Å²) in [7, 11) is -4.41. The smallest absolute Gasteiger partial charge is 0.263 e. The molecule has 1 saturated heterocycles. The summed E-state index contributed by atoms with van der Waals surface area (Å²) in [5, 5.41) is 13.4. The van der Waals surface area contributed by atoms with Gasteiger partial charge in [-0.2, -0.15) is 0 Å². The lowest BCUT2D eigenvalue weighted by Gasteiger charge is -2.41. The highest BCUT2D eigenvalue weighted by Gasteiger charge is 2.35. The van der Waals surface area contributed by atoms with Gasteiger partial charge in [0.25, 0.3) is 10.0 Å². The summed E-state index contributed by atoms with van der Waals surface area (Å²) in [6.45, 7) is 5.45. The van der Waals surface area contributed by atoms with Gasteiger partial charge in [-0.05, 0) is 67.3 Å². The van der Waals surface area contributed by atoms with Crippen LogP contribution in [0.15, 0.2) is 78.2 Å². The second kappa shape index (κ2) is 12.9. The third-order valence-electron chi connectivity index (χ3n) is 9.10. The molecule has 258 valence electrons. The van der Waals surface area contributed by atoms with Crippen molar-refractivity contribution in [3.63, 3.8) is 0 Å². The van der Waals surface area contributed by atoms with Crippen molar-refractivity contribution in [3.8, 4) is 5.82 Å². The van der Waals surface area contributed by atoms with Crippen LogP contribution in [0.3, 0.4) is 0 Å². The van der Waals surface area contributed by atoms with Gasteiger partial charge >= 0.3 is 0 Å². The number of nitrogens with zero attached hydrogens (tertiary/aromatic N) is 6. The standard InChI is InChI=1S/C34H30Cl2F2N8O3S/c1-19(2)34(47)13-15-45(16-14-34)24-6-4-7-25-32(24)41-18-46(25)27-12-11-23-31(42-27)33(40-17-39-23)43-30-21(37)9-10-22(29(30)38)44-50(48,49)26-8-3-5-20(35)28(26)36/h3-12,17-19,44,47H,13-16H2,1-2H3,(H,39,40,43). The van der Waals surface area contributed by atoms with Crippen molar-refractivity contribution in [1.29, 1.82) is 0 Å². The number of hydrogen-bond donors (Lipinski definition) is 3. The van der Waals surface area contributed by atoms with E-state index in [0.29, 0.717) is 37.3 Å². The van der Waals surface area contributed by atoms with Gasteiger partial charge in [0, 0.05) is 13.1 Å². The molecule has 1 aliphatic rings. The maximum absolute atomic E-state index is 15.8. The Labute approximate surface area is 296 Å². The molecule has 6 aromatic rings. The van der Waals surface area contributed by atoms with E-state index in [1.54, 1.807) is 23.0 Å². The van der Waals surface area contributed by atoms with Crippen molar-refractivity contribution in [2.75, 3.05) is 28.0 Å². The first-order valence-corrected chi connectivity index (χ1v) is 17.9. The molecule has 0 aliphatic carbocycles. The van der Waals surface area contributed by atoms with E-state index in [4.69, 9.17) is 33.2 Å². The van der Waals surface area contributed by atoms with Gasteiger partial charge in [0.1, 0.15) is 45.9 Å². The molecule has 16 heteroatoms. The van der Waals surface area contributed by atoms with Gasteiger partial charge in [0.2, 0.25) is 0 Å². The Morgan fingerprint density at radius 2 is 1.70 bits per heavy atom. The van der Waals surface area contributed by atoms with Crippen LogP contribution < -0.4 is 14.9 Å². The summed E-state index contributed by atoms with van der Waals surface area (Å²) < 4.78 is 61.0. The number of aliphatic hydroxyl groups is 1. The number of para-hydroxylation sites is 1. The third kappa shape index (κ3) is 6.06. The Morgan fingerprint density at radius 1 is 0.940 bits per heavy atom. The van der Waals surface area contributed by atoms with Crippen molar-refractivity contribution in [1.82, 2.24) is 24.5 Å². The molecule has 0 spiro atoms. The Hall–Kier alpha value is -4.63. The summed E-state index contributed by atoms with van der Waals surface area (Å²) >= 11 is 12.1. The van der Waals surface area contributed by atoms with Crippen molar-refractivity contribution >= 4 is 78.2 Å². The molecule has 3 aromatic heterocycles. The number of rotatable bonds is 8. The van der Waals surface area contributed by atoms with E-state index in [0.717, 1.165) is 28.9 Å². The maximum atomic E-state index is 15.8. The van der Waals surface area contributed by atoms with E-state index in [2.05, 4.69) is 24.9 Å². The number of fused-ring (bicyclic) bond motifs is 2. The van der Waals surface area contributed by atoms with E-state index in [9.17, 15) is 13.5 Å². The van der Waals surface area contributed by atoms with Gasteiger partial charge < -0.3 is 15.3 Å². The lowest BCUT2D eigenvalue weighted by molar-refractivity contribution is -0.0261. The number of benzene rings is 3. The minimum atomic E-state index is -4.41. The molecular weight excluding hydrogens is 709 g/mol. The molecule has 1 aliphatic heterocycles. The number of sulfonamides is 1. The zero-order valence-corrected chi connectivity index (χ0v) is 29.0. The Balaban J connectivity index is 1.21. The summed E-state index contributed by atoms with van der Waals surface area (Å²) in [5.74, 6) is -1.66.